The van der Waals surface area contributed by atoms with Crippen molar-refractivity contribution >= 4 is 23.3 Å². The fourth-order valence-corrected chi connectivity index (χ4v) is 3.61. The van der Waals surface area contributed by atoms with Gasteiger partial charge in [0.15, 0.2) is 11.6 Å². The lowest BCUT2D eigenvalue weighted by Crippen LogP contribution is -2.49. The molecule has 144 valence electrons. The molecule has 7 heteroatoms. The van der Waals surface area contributed by atoms with Crippen LogP contribution < -0.4 is 4.90 Å². The first kappa shape index (κ1) is 18.5. The second-order valence-corrected chi connectivity index (χ2v) is 7.27. The molecule has 1 amide bonds. The number of anilines is 1. The summed E-state index contributed by atoms with van der Waals surface area (Å²) in [6.07, 6.45) is 5.10. The fourth-order valence-electron chi connectivity index (χ4n) is 3.40. The second kappa shape index (κ2) is 8.44. The molecule has 1 aliphatic heterocycles. The summed E-state index contributed by atoms with van der Waals surface area (Å²) in [6, 6.07) is 15.6. The van der Waals surface area contributed by atoms with Crippen molar-refractivity contribution in [3.8, 4) is 5.82 Å². The highest BCUT2D eigenvalue weighted by molar-refractivity contribution is 6.30. The first-order chi connectivity index (χ1) is 13.7. The number of piperazine rings is 1. The predicted molar refractivity (Wildman–Crippen MR) is 110 cm³/mol. The van der Waals surface area contributed by atoms with Crippen molar-refractivity contribution in [2.75, 3.05) is 31.1 Å². The molecular weight excluding hydrogens is 374 g/mol. The van der Waals surface area contributed by atoms with Gasteiger partial charge in [-0.3, -0.25) is 4.79 Å². The van der Waals surface area contributed by atoms with Crippen LogP contribution in [-0.2, 0) is 11.2 Å². The number of rotatable bonds is 5. The number of hydrogen-bond donors (Lipinski definition) is 0. The predicted octanol–water partition coefficient (Wildman–Crippen LogP) is 3.20. The number of amides is 1. The van der Waals surface area contributed by atoms with E-state index in [4.69, 9.17) is 11.6 Å². The SMILES string of the molecule is O=C(CCc1cccc(Cl)c1)N1CCN(c2ccc(-n3cccc3)nn2)CC1. The minimum absolute atomic E-state index is 0.189. The highest BCUT2D eigenvalue weighted by Crippen LogP contribution is 2.16. The van der Waals surface area contributed by atoms with E-state index in [-0.39, 0.29) is 5.91 Å². The Labute approximate surface area is 169 Å². The van der Waals surface area contributed by atoms with Crippen LogP contribution in [0.5, 0.6) is 0 Å². The van der Waals surface area contributed by atoms with Gasteiger partial charge in [-0.25, -0.2) is 0 Å². The van der Waals surface area contributed by atoms with Crippen LogP contribution in [0, 0.1) is 0 Å². The molecule has 4 rings (SSSR count). The molecular formula is C21H22ClN5O. The molecule has 0 radical (unpaired) electrons. The largest absolute Gasteiger partial charge is 0.352 e. The summed E-state index contributed by atoms with van der Waals surface area (Å²) in [5, 5.41) is 9.36. The van der Waals surface area contributed by atoms with Crippen molar-refractivity contribution in [2.45, 2.75) is 12.8 Å². The highest BCUT2D eigenvalue weighted by Gasteiger charge is 2.22. The van der Waals surface area contributed by atoms with Crippen LogP contribution in [0.1, 0.15) is 12.0 Å². The molecule has 1 aromatic carbocycles. The van der Waals surface area contributed by atoms with Gasteiger partial charge in [0.1, 0.15) is 0 Å². The average molecular weight is 396 g/mol. The van der Waals surface area contributed by atoms with Gasteiger partial charge in [0.2, 0.25) is 5.91 Å². The van der Waals surface area contributed by atoms with Crippen molar-refractivity contribution in [1.29, 1.82) is 0 Å². The Morgan fingerprint density at radius 2 is 1.64 bits per heavy atom. The van der Waals surface area contributed by atoms with Crippen molar-refractivity contribution in [1.82, 2.24) is 19.7 Å². The first-order valence-electron chi connectivity index (χ1n) is 9.43. The lowest BCUT2D eigenvalue weighted by Gasteiger charge is -2.35. The van der Waals surface area contributed by atoms with Gasteiger partial charge in [-0.1, -0.05) is 23.7 Å². The van der Waals surface area contributed by atoms with Crippen molar-refractivity contribution in [2.24, 2.45) is 0 Å². The molecule has 3 heterocycles. The normalized spacial score (nSPS) is 14.3. The number of aryl methyl sites for hydroxylation is 1. The maximum absolute atomic E-state index is 12.5. The van der Waals surface area contributed by atoms with Crippen LogP contribution in [0.2, 0.25) is 5.02 Å². The molecule has 0 saturated carbocycles. The van der Waals surface area contributed by atoms with Crippen molar-refractivity contribution < 1.29 is 4.79 Å². The molecule has 1 fully saturated rings. The third kappa shape index (κ3) is 4.34. The molecule has 6 nitrogen and oxygen atoms in total. The van der Waals surface area contributed by atoms with E-state index >= 15 is 0 Å². The van der Waals surface area contributed by atoms with Crippen LogP contribution in [0.25, 0.3) is 5.82 Å². The van der Waals surface area contributed by atoms with Gasteiger partial charge in [-0.15, -0.1) is 10.2 Å². The smallest absolute Gasteiger partial charge is 0.223 e. The van der Waals surface area contributed by atoms with Gasteiger partial charge in [0, 0.05) is 50.0 Å². The van der Waals surface area contributed by atoms with Gasteiger partial charge in [0.05, 0.1) is 0 Å². The third-order valence-corrected chi connectivity index (χ3v) is 5.21. The second-order valence-electron chi connectivity index (χ2n) is 6.84. The molecule has 2 aromatic heterocycles. The molecule has 0 bridgehead atoms. The lowest BCUT2D eigenvalue weighted by molar-refractivity contribution is -0.131. The monoisotopic (exact) mass is 395 g/mol. The molecule has 1 aliphatic rings. The lowest BCUT2D eigenvalue weighted by atomic mass is 10.1. The molecule has 0 unspecified atom stereocenters. The van der Waals surface area contributed by atoms with Crippen LogP contribution in [-0.4, -0.2) is 51.8 Å². The Balaban J connectivity index is 1.28. The quantitative estimate of drug-likeness (QED) is 0.665. The summed E-state index contributed by atoms with van der Waals surface area (Å²) < 4.78 is 1.92. The Hall–Kier alpha value is -2.86. The van der Waals surface area contributed by atoms with Gasteiger partial charge >= 0.3 is 0 Å². The third-order valence-electron chi connectivity index (χ3n) is 4.98. The Kier molecular flexibility index (Phi) is 5.58. The van der Waals surface area contributed by atoms with E-state index in [1.807, 2.05) is 70.4 Å². The summed E-state index contributed by atoms with van der Waals surface area (Å²) in [5.74, 6) is 1.83. The number of carbonyl (C=O) groups is 1. The fraction of sp³-hybridized carbons (Fsp3) is 0.286. The summed E-state index contributed by atoms with van der Waals surface area (Å²) in [5.41, 5.74) is 1.09. The molecule has 28 heavy (non-hydrogen) atoms. The molecule has 0 atom stereocenters. The Morgan fingerprint density at radius 1 is 0.929 bits per heavy atom. The number of benzene rings is 1. The zero-order valence-corrected chi connectivity index (χ0v) is 16.3. The molecule has 1 saturated heterocycles. The van der Waals surface area contributed by atoms with Gasteiger partial charge in [0.25, 0.3) is 0 Å². The number of carbonyl (C=O) groups excluding carboxylic acids is 1. The van der Waals surface area contributed by atoms with Crippen LogP contribution >= 0.6 is 11.6 Å². The minimum Gasteiger partial charge on any atom is -0.352 e. The highest BCUT2D eigenvalue weighted by atomic mass is 35.5. The topological polar surface area (TPSA) is 54.3 Å². The van der Waals surface area contributed by atoms with Crippen LogP contribution in [0.15, 0.2) is 60.9 Å². The maximum Gasteiger partial charge on any atom is 0.223 e. The Bertz CT molecular complexity index is 918. The summed E-state index contributed by atoms with van der Waals surface area (Å²) in [6.45, 7) is 2.94. The first-order valence-corrected chi connectivity index (χ1v) is 9.81. The van der Waals surface area contributed by atoms with E-state index in [1.165, 1.54) is 0 Å². The zero-order chi connectivity index (χ0) is 19.3. The summed E-state index contributed by atoms with van der Waals surface area (Å²) in [7, 11) is 0. The van der Waals surface area contributed by atoms with E-state index in [9.17, 15) is 4.79 Å². The minimum atomic E-state index is 0.189. The Morgan fingerprint density at radius 3 is 2.32 bits per heavy atom. The van der Waals surface area contributed by atoms with E-state index in [0.29, 0.717) is 31.0 Å². The van der Waals surface area contributed by atoms with Crippen molar-refractivity contribution in [3.05, 3.63) is 71.5 Å². The average Bonchev–Trinajstić information content (AvgIpc) is 3.27. The number of aromatic nitrogens is 3. The number of nitrogens with zero attached hydrogens (tertiary/aromatic N) is 5. The standard InChI is InChI=1S/C21H22ClN5O/c22-18-5-3-4-17(16-18)6-9-21(28)27-14-12-26(13-15-27)20-8-7-19(23-24-20)25-10-1-2-11-25/h1-5,7-8,10-11,16H,6,9,12-15H2. The van der Waals surface area contributed by atoms with Crippen LogP contribution in [0.3, 0.4) is 0 Å². The zero-order valence-electron chi connectivity index (χ0n) is 15.5. The molecule has 0 aliphatic carbocycles. The van der Waals surface area contributed by atoms with Gasteiger partial charge in [-0.05, 0) is 48.4 Å². The van der Waals surface area contributed by atoms with E-state index in [1.54, 1.807) is 0 Å². The maximum atomic E-state index is 12.5. The van der Waals surface area contributed by atoms with E-state index in [2.05, 4.69) is 15.1 Å². The summed E-state index contributed by atoms with van der Waals surface area (Å²) in [4.78, 5) is 16.6. The number of halogens is 1. The van der Waals surface area contributed by atoms with Gasteiger partial charge in [-0.2, -0.15) is 0 Å². The summed E-state index contributed by atoms with van der Waals surface area (Å²) >= 11 is 6.01. The van der Waals surface area contributed by atoms with Gasteiger partial charge < -0.3 is 14.4 Å². The molecule has 0 spiro atoms. The van der Waals surface area contributed by atoms with Crippen LogP contribution in [0.4, 0.5) is 5.82 Å². The number of hydrogen-bond acceptors (Lipinski definition) is 4. The molecule has 0 N–H and O–H groups in total. The van der Waals surface area contributed by atoms with Crippen molar-refractivity contribution in [3.63, 3.8) is 0 Å². The molecule has 3 aromatic rings. The van der Waals surface area contributed by atoms with E-state index in [0.717, 1.165) is 30.3 Å². The van der Waals surface area contributed by atoms with E-state index < -0.39 is 0 Å².